The van der Waals surface area contributed by atoms with Crippen molar-refractivity contribution in [2.24, 2.45) is 0 Å². The van der Waals surface area contributed by atoms with Crippen LogP contribution in [-0.2, 0) is 26.3 Å². The number of sulfonamides is 1. The lowest BCUT2D eigenvalue weighted by molar-refractivity contribution is 0.375. The summed E-state index contributed by atoms with van der Waals surface area (Å²) in [6.45, 7) is 3.29. The normalized spacial score (nSPS) is 12.4. The second kappa shape index (κ2) is 6.77. The van der Waals surface area contributed by atoms with Crippen molar-refractivity contribution < 1.29 is 21.4 Å². The number of rotatable bonds is 7. The Morgan fingerprint density at radius 2 is 1.70 bits per heavy atom. The highest BCUT2D eigenvalue weighted by Gasteiger charge is 2.17. The quantitative estimate of drug-likeness (QED) is 0.772. The van der Waals surface area contributed by atoms with Gasteiger partial charge in [-0.25, -0.2) is 21.6 Å². The van der Waals surface area contributed by atoms with Gasteiger partial charge in [-0.1, -0.05) is 12.1 Å². The Labute approximate surface area is 134 Å². The number of hydrogen-bond acceptors (Lipinski definition) is 7. The van der Waals surface area contributed by atoms with E-state index >= 15 is 0 Å². The molecular weight excluding hydrogens is 342 g/mol. The largest absolute Gasteiger partial charge is 0.339 e. The van der Waals surface area contributed by atoms with Crippen LogP contribution in [0.1, 0.15) is 18.6 Å². The van der Waals surface area contributed by atoms with Gasteiger partial charge in [0.05, 0.1) is 15.5 Å². The Hall–Kier alpha value is -1.78. The van der Waals surface area contributed by atoms with Gasteiger partial charge in [0.25, 0.3) is 0 Å². The van der Waals surface area contributed by atoms with E-state index in [4.69, 9.17) is 4.52 Å². The van der Waals surface area contributed by atoms with Crippen LogP contribution < -0.4 is 4.72 Å². The maximum absolute atomic E-state index is 12.1. The number of nitrogens with one attached hydrogen (secondary N) is 1. The van der Waals surface area contributed by atoms with E-state index in [0.29, 0.717) is 11.7 Å². The first-order chi connectivity index (χ1) is 10.7. The summed E-state index contributed by atoms with van der Waals surface area (Å²) in [5.74, 6) is 0.784. The topological polar surface area (TPSA) is 119 Å². The molecule has 0 spiro atoms. The lowest BCUT2D eigenvalue weighted by atomic mass is 10.4. The van der Waals surface area contributed by atoms with Crippen LogP contribution in [0.5, 0.6) is 0 Å². The smallest absolute Gasteiger partial charge is 0.240 e. The van der Waals surface area contributed by atoms with E-state index in [1.54, 1.807) is 6.92 Å². The molecule has 1 N–H and O–H groups in total. The molecule has 0 saturated heterocycles. The first-order valence-corrected chi connectivity index (χ1v) is 10.00. The number of aromatic nitrogens is 2. The summed E-state index contributed by atoms with van der Waals surface area (Å²) in [7, 11) is -7.08. The predicted molar refractivity (Wildman–Crippen MR) is 82.1 cm³/mol. The monoisotopic (exact) mass is 359 g/mol. The number of benzene rings is 1. The zero-order chi connectivity index (χ0) is 17.1. The molecule has 0 saturated carbocycles. The third kappa shape index (κ3) is 4.36. The molecule has 8 nitrogen and oxygen atoms in total. The summed E-state index contributed by atoms with van der Waals surface area (Å²) in [6, 6.07) is 5.10. The van der Waals surface area contributed by atoms with Gasteiger partial charge in [0, 0.05) is 13.0 Å². The Balaban J connectivity index is 2.04. The highest BCUT2D eigenvalue weighted by molar-refractivity contribution is 7.91. The maximum Gasteiger partial charge on any atom is 0.240 e. The Kier molecular flexibility index (Phi) is 5.17. The minimum atomic E-state index is -3.73. The first-order valence-electron chi connectivity index (χ1n) is 6.86. The molecule has 0 unspecified atom stereocenters. The van der Waals surface area contributed by atoms with E-state index in [9.17, 15) is 16.8 Å². The third-order valence-electron chi connectivity index (χ3n) is 3.07. The van der Waals surface area contributed by atoms with Gasteiger partial charge in [0.2, 0.25) is 15.9 Å². The van der Waals surface area contributed by atoms with Gasteiger partial charge in [-0.05, 0) is 31.2 Å². The molecule has 0 radical (unpaired) electrons. The zero-order valence-corrected chi connectivity index (χ0v) is 14.3. The van der Waals surface area contributed by atoms with Crippen molar-refractivity contribution >= 4 is 19.9 Å². The number of hydrogen-bond donors (Lipinski definition) is 1. The lowest BCUT2D eigenvalue weighted by Crippen LogP contribution is -2.26. The minimum absolute atomic E-state index is 0.00531. The standard InChI is InChI=1S/C13H17N3O5S2/c1-3-22(17,18)11-4-6-12(7-5-11)23(19,20)14-9-8-13-15-10(2)16-21-13/h4-7,14H,3,8-9H2,1-2H3. The van der Waals surface area contributed by atoms with Crippen LogP contribution in [0.4, 0.5) is 0 Å². The molecule has 23 heavy (non-hydrogen) atoms. The summed E-state index contributed by atoms with van der Waals surface area (Å²) in [5.41, 5.74) is 0. The van der Waals surface area contributed by atoms with Gasteiger partial charge >= 0.3 is 0 Å². The molecule has 1 aromatic heterocycles. The minimum Gasteiger partial charge on any atom is -0.339 e. The van der Waals surface area contributed by atoms with Crippen molar-refractivity contribution in [2.75, 3.05) is 12.3 Å². The molecule has 0 aliphatic heterocycles. The first kappa shape index (κ1) is 17.6. The molecule has 0 atom stereocenters. The van der Waals surface area contributed by atoms with Crippen molar-refractivity contribution in [3.8, 4) is 0 Å². The highest BCUT2D eigenvalue weighted by atomic mass is 32.2. The highest BCUT2D eigenvalue weighted by Crippen LogP contribution is 2.15. The van der Waals surface area contributed by atoms with E-state index in [1.807, 2.05) is 0 Å². The number of aryl methyl sites for hydroxylation is 1. The molecule has 0 aliphatic carbocycles. The van der Waals surface area contributed by atoms with Crippen molar-refractivity contribution in [3.05, 3.63) is 36.0 Å². The Bertz CT molecular complexity index is 871. The second-order valence-corrected chi connectivity index (χ2v) is 8.80. The van der Waals surface area contributed by atoms with E-state index in [1.165, 1.54) is 31.2 Å². The average molecular weight is 359 g/mol. The fourth-order valence-electron chi connectivity index (χ4n) is 1.81. The number of sulfone groups is 1. The van der Waals surface area contributed by atoms with Crippen molar-refractivity contribution in [1.82, 2.24) is 14.9 Å². The maximum atomic E-state index is 12.1. The van der Waals surface area contributed by atoms with E-state index in [0.717, 1.165) is 0 Å². The fourth-order valence-corrected chi connectivity index (χ4v) is 3.73. The van der Waals surface area contributed by atoms with Crippen molar-refractivity contribution in [2.45, 2.75) is 30.1 Å². The van der Waals surface area contributed by atoms with Gasteiger partial charge < -0.3 is 4.52 Å². The van der Waals surface area contributed by atoms with Gasteiger partial charge in [-0.15, -0.1) is 0 Å². The molecule has 1 aromatic carbocycles. The van der Waals surface area contributed by atoms with Gasteiger partial charge in [-0.2, -0.15) is 4.98 Å². The Morgan fingerprint density at radius 3 is 2.22 bits per heavy atom. The van der Waals surface area contributed by atoms with Crippen LogP contribution in [0.25, 0.3) is 0 Å². The van der Waals surface area contributed by atoms with E-state index in [2.05, 4.69) is 14.9 Å². The molecule has 126 valence electrons. The van der Waals surface area contributed by atoms with Crippen LogP contribution in [0, 0.1) is 6.92 Å². The fraction of sp³-hybridized carbons (Fsp3) is 0.385. The van der Waals surface area contributed by atoms with Crippen LogP contribution >= 0.6 is 0 Å². The molecule has 0 bridgehead atoms. The second-order valence-electron chi connectivity index (χ2n) is 4.76. The molecule has 2 rings (SSSR count). The lowest BCUT2D eigenvalue weighted by Gasteiger charge is -2.07. The van der Waals surface area contributed by atoms with E-state index < -0.39 is 19.9 Å². The third-order valence-corrected chi connectivity index (χ3v) is 6.30. The van der Waals surface area contributed by atoms with Gasteiger partial charge in [0.15, 0.2) is 15.7 Å². The molecular formula is C13H17N3O5S2. The predicted octanol–water partition coefficient (Wildman–Crippen LogP) is 0.693. The van der Waals surface area contributed by atoms with Crippen LogP contribution in [0.2, 0.25) is 0 Å². The van der Waals surface area contributed by atoms with Crippen LogP contribution in [0.15, 0.2) is 38.6 Å². The van der Waals surface area contributed by atoms with Crippen LogP contribution in [0.3, 0.4) is 0 Å². The molecule has 0 fully saturated rings. The van der Waals surface area contributed by atoms with Crippen molar-refractivity contribution in [1.29, 1.82) is 0 Å². The number of nitrogens with zero attached hydrogens (tertiary/aromatic N) is 2. The molecule has 10 heteroatoms. The average Bonchev–Trinajstić information content (AvgIpc) is 2.92. The van der Waals surface area contributed by atoms with Crippen molar-refractivity contribution in [3.63, 3.8) is 0 Å². The van der Waals surface area contributed by atoms with E-state index in [-0.39, 0.29) is 28.5 Å². The summed E-state index contributed by atoms with van der Waals surface area (Å²) < 4.78 is 55.0. The zero-order valence-electron chi connectivity index (χ0n) is 12.7. The molecule has 0 aliphatic rings. The summed E-state index contributed by atoms with van der Waals surface area (Å²) in [5, 5.41) is 3.61. The summed E-state index contributed by atoms with van der Waals surface area (Å²) in [4.78, 5) is 4.06. The van der Waals surface area contributed by atoms with Gasteiger partial charge in [0.1, 0.15) is 0 Å². The SMILES string of the molecule is CCS(=O)(=O)c1ccc(S(=O)(=O)NCCc2nc(C)no2)cc1. The summed E-state index contributed by atoms with van der Waals surface area (Å²) in [6.07, 6.45) is 0.266. The van der Waals surface area contributed by atoms with Crippen LogP contribution in [-0.4, -0.2) is 39.3 Å². The molecule has 0 amide bonds. The van der Waals surface area contributed by atoms with Gasteiger partial charge in [-0.3, -0.25) is 0 Å². The summed E-state index contributed by atoms with van der Waals surface area (Å²) >= 11 is 0. The Morgan fingerprint density at radius 1 is 1.09 bits per heavy atom. The molecule has 1 heterocycles. The molecule has 2 aromatic rings.